The molecule has 0 unspecified atom stereocenters. The predicted octanol–water partition coefficient (Wildman–Crippen LogP) is 5.16. The molecule has 2 saturated heterocycles. The summed E-state index contributed by atoms with van der Waals surface area (Å²) in [6.07, 6.45) is 1.62. The van der Waals surface area contributed by atoms with Gasteiger partial charge in [0, 0.05) is 38.3 Å². The van der Waals surface area contributed by atoms with Crippen LogP contribution in [0.15, 0.2) is 77.7 Å². The summed E-state index contributed by atoms with van der Waals surface area (Å²) in [4.78, 5) is 43.6. The Morgan fingerprint density at radius 1 is 0.816 bits per heavy atom. The number of hydrogen-bond donors (Lipinski definition) is 0. The van der Waals surface area contributed by atoms with Crippen molar-refractivity contribution in [1.29, 1.82) is 0 Å². The first-order valence-electron chi connectivity index (χ1n) is 12.2. The number of carbonyl (C=O) groups is 3. The van der Waals surface area contributed by atoms with Crippen molar-refractivity contribution in [1.82, 2.24) is 14.7 Å². The van der Waals surface area contributed by atoms with Gasteiger partial charge in [0.1, 0.15) is 11.6 Å². The highest BCUT2D eigenvalue weighted by atomic mass is 32.2. The van der Waals surface area contributed by atoms with E-state index in [1.807, 2.05) is 4.90 Å². The van der Waals surface area contributed by atoms with E-state index in [1.165, 1.54) is 30.3 Å². The van der Waals surface area contributed by atoms with Gasteiger partial charge in [-0.1, -0.05) is 36.4 Å². The van der Waals surface area contributed by atoms with Crippen molar-refractivity contribution < 1.29 is 23.2 Å². The highest BCUT2D eigenvalue weighted by Crippen LogP contribution is 2.33. The topological polar surface area (TPSA) is 60.9 Å². The lowest BCUT2D eigenvalue weighted by Crippen LogP contribution is -2.48. The number of imide groups is 1. The minimum Gasteiger partial charge on any atom is -0.336 e. The average Bonchev–Trinajstić information content (AvgIpc) is 3.18. The summed E-state index contributed by atoms with van der Waals surface area (Å²) in [5.74, 6) is -1.17. The Balaban J connectivity index is 1.17. The van der Waals surface area contributed by atoms with Crippen molar-refractivity contribution >= 4 is 34.9 Å². The van der Waals surface area contributed by atoms with E-state index in [1.54, 1.807) is 48.5 Å². The minimum absolute atomic E-state index is 0.00433. The third kappa shape index (κ3) is 6.00. The van der Waals surface area contributed by atoms with Crippen molar-refractivity contribution in [3.8, 4) is 0 Å². The van der Waals surface area contributed by atoms with Crippen LogP contribution in [0.3, 0.4) is 0 Å². The van der Waals surface area contributed by atoms with Crippen molar-refractivity contribution in [2.75, 3.05) is 26.2 Å². The Bertz CT molecular complexity index is 1380. The number of thioether (sulfide) groups is 1. The largest absolute Gasteiger partial charge is 0.336 e. The fraction of sp³-hybridized carbons (Fsp3) is 0.207. The lowest BCUT2D eigenvalue weighted by atomic mass is 10.1. The second-order valence-corrected chi connectivity index (χ2v) is 10.2. The van der Waals surface area contributed by atoms with Gasteiger partial charge in [-0.25, -0.2) is 8.78 Å². The lowest BCUT2D eigenvalue weighted by Gasteiger charge is -2.34. The van der Waals surface area contributed by atoms with Gasteiger partial charge < -0.3 is 4.90 Å². The zero-order chi connectivity index (χ0) is 26.6. The Labute approximate surface area is 223 Å². The summed E-state index contributed by atoms with van der Waals surface area (Å²) < 4.78 is 26.6. The summed E-state index contributed by atoms with van der Waals surface area (Å²) in [6.45, 7) is 3.37. The zero-order valence-electron chi connectivity index (χ0n) is 20.5. The van der Waals surface area contributed by atoms with Crippen molar-refractivity contribution in [2.24, 2.45) is 0 Å². The molecule has 5 rings (SSSR count). The van der Waals surface area contributed by atoms with E-state index in [2.05, 4.69) is 4.90 Å². The quantitative estimate of drug-likeness (QED) is 0.410. The maximum atomic E-state index is 13.5. The second-order valence-electron chi connectivity index (χ2n) is 9.21. The number of nitrogens with zero attached hydrogens (tertiary/aromatic N) is 3. The minimum atomic E-state index is -0.428. The molecule has 2 aliphatic rings. The van der Waals surface area contributed by atoms with Crippen LogP contribution in [-0.4, -0.2) is 57.9 Å². The maximum absolute atomic E-state index is 13.5. The Hall–Kier alpha value is -3.82. The van der Waals surface area contributed by atoms with Crippen molar-refractivity contribution in [3.05, 3.63) is 112 Å². The van der Waals surface area contributed by atoms with Crippen LogP contribution < -0.4 is 0 Å². The molecule has 3 aromatic carbocycles. The maximum Gasteiger partial charge on any atom is 0.293 e. The van der Waals surface area contributed by atoms with Gasteiger partial charge in [-0.2, -0.15) is 0 Å². The first-order valence-corrected chi connectivity index (χ1v) is 13.0. The molecular formula is C29H25F2N3O3S. The zero-order valence-corrected chi connectivity index (χ0v) is 21.3. The Kier molecular flexibility index (Phi) is 7.67. The molecule has 2 heterocycles. The van der Waals surface area contributed by atoms with Crippen molar-refractivity contribution in [2.45, 2.75) is 13.1 Å². The highest BCUT2D eigenvalue weighted by molar-refractivity contribution is 8.18. The molecule has 194 valence electrons. The summed E-state index contributed by atoms with van der Waals surface area (Å²) >= 11 is 0.841. The normalized spacial score (nSPS) is 17.5. The van der Waals surface area contributed by atoms with Gasteiger partial charge in [0.25, 0.3) is 17.1 Å². The van der Waals surface area contributed by atoms with E-state index in [-0.39, 0.29) is 23.2 Å². The number of amides is 3. The molecule has 0 spiro atoms. The van der Waals surface area contributed by atoms with E-state index in [0.29, 0.717) is 36.3 Å². The van der Waals surface area contributed by atoms with Crippen LogP contribution in [0.4, 0.5) is 13.6 Å². The van der Waals surface area contributed by atoms with E-state index in [9.17, 15) is 23.2 Å². The molecule has 38 heavy (non-hydrogen) atoms. The first-order chi connectivity index (χ1) is 18.4. The van der Waals surface area contributed by atoms with Crippen LogP contribution >= 0.6 is 11.8 Å². The molecule has 6 nitrogen and oxygen atoms in total. The third-order valence-corrected chi connectivity index (χ3v) is 7.45. The molecule has 0 bridgehead atoms. The van der Waals surface area contributed by atoms with Gasteiger partial charge in [0.2, 0.25) is 0 Å². The summed E-state index contributed by atoms with van der Waals surface area (Å²) in [7, 11) is 0. The second kappa shape index (κ2) is 11.3. The molecule has 0 radical (unpaired) electrons. The van der Waals surface area contributed by atoms with Gasteiger partial charge in [0.15, 0.2) is 0 Å². The molecular weight excluding hydrogens is 508 g/mol. The number of piperazine rings is 1. The van der Waals surface area contributed by atoms with Crippen LogP contribution in [0.25, 0.3) is 6.08 Å². The molecule has 2 fully saturated rings. The van der Waals surface area contributed by atoms with Gasteiger partial charge >= 0.3 is 0 Å². The predicted molar refractivity (Wildman–Crippen MR) is 142 cm³/mol. The molecule has 0 atom stereocenters. The molecule has 3 amide bonds. The van der Waals surface area contributed by atoms with E-state index < -0.39 is 17.0 Å². The number of benzene rings is 3. The standard InChI is InChI=1S/C29H25F2N3O3S/c30-24-10-6-21(7-11-24)18-32-12-14-33(15-13-32)27(35)23-8-4-20(5-9-23)17-26-28(36)34(29(37)38-26)19-22-2-1-3-25(31)16-22/h1-11,16-17H,12-15,18-19H2. The van der Waals surface area contributed by atoms with Gasteiger partial charge in [-0.3, -0.25) is 24.2 Å². The van der Waals surface area contributed by atoms with Crippen LogP contribution in [0, 0.1) is 11.6 Å². The molecule has 9 heteroatoms. The molecule has 0 saturated carbocycles. The molecule has 0 aromatic heterocycles. The smallest absolute Gasteiger partial charge is 0.293 e. The summed E-state index contributed by atoms with van der Waals surface area (Å²) in [6, 6.07) is 19.2. The van der Waals surface area contributed by atoms with Gasteiger partial charge in [-0.05, 0) is 70.9 Å². The van der Waals surface area contributed by atoms with Crippen LogP contribution in [-0.2, 0) is 17.9 Å². The van der Waals surface area contributed by atoms with E-state index >= 15 is 0 Å². The highest BCUT2D eigenvalue weighted by Gasteiger charge is 2.35. The third-order valence-electron chi connectivity index (χ3n) is 6.54. The fourth-order valence-electron chi connectivity index (χ4n) is 4.47. The van der Waals surface area contributed by atoms with E-state index in [0.717, 1.165) is 35.3 Å². The summed E-state index contributed by atoms with van der Waals surface area (Å²) in [5.41, 5.74) is 2.82. The number of carbonyl (C=O) groups excluding carboxylic acids is 3. The summed E-state index contributed by atoms with van der Waals surface area (Å²) in [5, 5.41) is -0.407. The number of halogens is 2. The Morgan fingerprint density at radius 3 is 2.21 bits per heavy atom. The van der Waals surface area contributed by atoms with Crippen LogP contribution in [0.5, 0.6) is 0 Å². The number of hydrogen-bond acceptors (Lipinski definition) is 5. The fourth-order valence-corrected chi connectivity index (χ4v) is 5.31. The SMILES string of the molecule is O=C(c1ccc(C=C2SC(=O)N(Cc3cccc(F)c3)C2=O)cc1)N1CCN(Cc2ccc(F)cc2)CC1. The number of rotatable bonds is 6. The first kappa shape index (κ1) is 25.8. The van der Waals surface area contributed by atoms with Gasteiger partial charge in [-0.15, -0.1) is 0 Å². The molecule has 0 N–H and O–H groups in total. The van der Waals surface area contributed by atoms with Crippen LogP contribution in [0.2, 0.25) is 0 Å². The molecule has 2 aliphatic heterocycles. The molecule has 0 aliphatic carbocycles. The van der Waals surface area contributed by atoms with Gasteiger partial charge in [0.05, 0.1) is 11.4 Å². The lowest BCUT2D eigenvalue weighted by molar-refractivity contribution is -0.123. The van der Waals surface area contributed by atoms with Crippen molar-refractivity contribution in [3.63, 3.8) is 0 Å². The molecule has 3 aromatic rings. The van der Waals surface area contributed by atoms with Crippen LogP contribution in [0.1, 0.15) is 27.0 Å². The average molecular weight is 534 g/mol. The van der Waals surface area contributed by atoms with E-state index in [4.69, 9.17) is 0 Å². The Morgan fingerprint density at radius 2 is 1.53 bits per heavy atom. The monoisotopic (exact) mass is 533 g/mol.